The van der Waals surface area contributed by atoms with Crippen molar-refractivity contribution in [1.82, 2.24) is 5.32 Å². The van der Waals surface area contributed by atoms with Crippen LogP contribution < -0.4 is 10.6 Å². The molecule has 0 bridgehead atoms. The number of nitrogens with one attached hydrogen (secondary N) is 2. The predicted molar refractivity (Wildman–Crippen MR) is 56.2 cm³/mol. The molecule has 15 heavy (non-hydrogen) atoms. The molecule has 2 N–H and O–H groups in total. The number of carbonyl (C=O) groups excluding carboxylic acids is 1. The number of anilines is 1. The third-order valence-corrected chi connectivity index (χ3v) is 2.49. The molecular formula is C11H13FN2O. The van der Waals surface area contributed by atoms with Crippen LogP contribution in [-0.2, 0) is 11.2 Å². The van der Waals surface area contributed by atoms with Gasteiger partial charge < -0.3 is 10.6 Å². The van der Waals surface area contributed by atoms with Crippen molar-refractivity contribution in [3.8, 4) is 0 Å². The molecule has 1 aromatic rings. The first-order valence-electron chi connectivity index (χ1n) is 4.94. The van der Waals surface area contributed by atoms with Gasteiger partial charge in [0.05, 0.1) is 0 Å². The summed E-state index contributed by atoms with van der Waals surface area (Å²) in [6.45, 7) is 2.06. The second kappa shape index (κ2) is 3.88. The normalized spacial score (nSPS) is 18.1. The molecule has 1 amide bonds. The van der Waals surface area contributed by atoms with Gasteiger partial charge in [0.2, 0.25) is 5.91 Å². The summed E-state index contributed by atoms with van der Waals surface area (Å²) >= 11 is 0. The number of carbonyl (C=O) groups is 1. The third-order valence-electron chi connectivity index (χ3n) is 2.49. The Morgan fingerprint density at radius 1 is 1.67 bits per heavy atom. The fourth-order valence-corrected chi connectivity index (χ4v) is 1.80. The summed E-state index contributed by atoms with van der Waals surface area (Å²) in [7, 11) is 0. The summed E-state index contributed by atoms with van der Waals surface area (Å²) in [4.78, 5) is 10.7. The number of hydrogen-bond donors (Lipinski definition) is 2. The second-order valence-corrected chi connectivity index (χ2v) is 3.78. The van der Waals surface area contributed by atoms with E-state index in [-0.39, 0.29) is 17.8 Å². The smallest absolute Gasteiger partial charge is 0.216 e. The van der Waals surface area contributed by atoms with E-state index in [9.17, 15) is 9.18 Å². The second-order valence-electron chi connectivity index (χ2n) is 3.78. The molecule has 0 fully saturated rings. The lowest BCUT2D eigenvalue weighted by atomic mass is 10.1. The van der Waals surface area contributed by atoms with Gasteiger partial charge in [0.15, 0.2) is 0 Å². The number of rotatable bonds is 2. The quantitative estimate of drug-likeness (QED) is 0.769. The van der Waals surface area contributed by atoms with Gasteiger partial charge >= 0.3 is 0 Å². The summed E-state index contributed by atoms with van der Waals surface area (Å²) in [5, 5.41) is 5.98. The predicted octanol–water partition coefficient (Wildman–Crippen LogP) is 1.30. The fourth-order valence-electron chi connectivity index (χ4n) is 1.80. The molecule has 0 aromatic heterocycles. The standard InChI is InChI=1S/C11H13FN2O/c1-7(15)13-6-10-5-8-4-9(12)2-3-11(8)14-10/h2-4,10,14H,5-6H2,1H3,(H,13,15). The first-order chi connectivity index (χ1) is 7.15. The van der Waals surface area contributed by atoms with Crippen molar-refractivity contribution in [2.75, 3.05) is 11.9 Å². The van der Waals surface area contributed by atoms with Crippen molar-refractivity contribution in [3.05, 3.63) is 29.6 Å². The van der Waals surface area contributed by atoms with Crippen molar-refractivity contribution in [3.63, 3.8) is 0 Å². The van der Waals surface area contributed by atoms with Crippen LogP contribution in [0.5, 0.6) is 0 Å². The Bertz CT molecular complexity index is 392. The van der Waals surface area contributed by atoms with Gasteiger partial charge in [-0.25, -0.2) is 4.39 Å². The minimum Gasteiger partial charge on any atom is -0.380 e. The highest BCUT2D eigenvalue weighted by Crippen LogP contribution is 2.25. The Balaban J connectivity index is 2.00. The van der Waals surface area contributed by atoms with Crippen molar-refractivity contribution in [1.29, 1.82) is 0 Å². The van der Waals surface area contributed by atoms with E-state index in [1.807, 2.05) is 0 Å². The molecule has 80 valence electrons. The van der Waals surface area contributed by atoms with Gasteiger partial charge in [-0.1, -0.05) is 0 Å². The molecule has 1 atom stereocenters. The zero-order valence-corrected chi connectivity index (χ0v) is 8.51. The summed E-state index contributed by atoms with van der Waals surface area (Å²) in [5.41, 5.74) is 1.94. The Kier molecular flexibility index (Phi) is 2.58. The molecule has 3 nitrogen and oxygen atoms in total. The van der Waals surface area contributed by atoms with Gasteiger partial charge in [0, 0.05) is 25.2 Å². The van der Waals surface area contributed by atoms with Gasteiger partial charge in [-0.3, -0.25) is 4.79 Å². The highest BCUT2D eigenvalue weighted by Gasteiger charge is 2.20. The van der Waals surface area contributed by atoms with Crippen LogP contribution in [0.1, 0.15) is 12.5 Å². The lowest BCUT2D eigenvalue weighted by Crippen LogP contribution is -2.33. The minimum absolute atomic E-state index is 0.0427. The maximum absolute atomic E-state index is 12.9. The van der Waals surface area contributed by atoms with E-state index in [1.165, 1.54) is 19.1 Å². The zero-order chi connectivity index (χ0) is 10.8. The zero-order valence-electron chi connectivity index (χ0n) is 8.51. The largest absolute Gasteiger partial charge is 0.380 e. The van der Waals surface area contributed by atoms with Crippen LogP contribution in [0.2, 0.25) is 0 Å². The fraction of sp³-hybridized carbons (Fsp3) is 0.364. The molecule has 1 unspecified atom stereocenters. The van der Waals surface area contributed by atoms with Gasteiger partial charge in [-0.2, -0.15) is 0 Å². The van der Waals surface area contributed by atoms with E-state index in [1.54, 1.807) is 6.07 Å². The van der Waals surface area contributed by atoms with E-state index < -0.39 is 0 Å². The molecule has 1 aliphatic heterocycles. The van der Waals surface area contributed by atoms with Crippen molar-refractivity contribution < 1.29 is 9.18 Å². The van der Waals surface area contributed by atoms with Crippen LogP contribution in [-0.4, -0.2) is 18.5 Å². The molecule has 0 aliphatic carbocycles. The SMILES string of the molecule is CC(=O)NCC1Cc2cc(F)ccc2N1. The van der Waals surface area contributed by atoms with Crippen LogP contribution in [0, 0.1) is 5.82 Å². The summed E-state index contributed by atoms with van der Waals surface area (Å²) in [6.07, 6.45) is 0.757. The Labute approximate surface area is 87.7 Å². The lowest BCUT2D eigenvalue weighted by molar-refractivity contribution is -0.118. The number of fused-ring (bicyclic) bond motifs is 1. The molecule has 0 saturated heterocycles. The highest BCUT2D eigenvalue weighted by molar-refractivity contribution is 5.73. The first-order valence-corrected chi connectivity index (χ1v) is 4.94. The average molecular weight is 208 g/mol. The van der Waals surface area contributed by atoms with Gasteiger partial charge in [-0.15, -0.1) is 0 Å². The molecule has 4 heteroatoms. The van der Waals surface area contributed by atoms with Crippen molar-refractivity contribution in [2.45, 2.75) is 19.4 Å². The molecular weight excluding hydrogens is 195 g/mol. The summed E-state index contributed by atoms with van der Waals surface area (Å²) < 4.78 is 12.9. The third kappa shape index (κ3) is 2.26. The molecule has 0 radical (unpaired) electrons. The van der Waals surface area contributed by atoms with E-state index in [4.69, 9.17) is 0 Å². The van der Waals surface area contributed by atoms with Crippen LogP contribution in [0.15, 0.2) is 18.2 Å². The number of amides is 1. The summed E-state index contributed by atoms with van der Waals surface area (Å²) in [6, 6.07) is 4.88. The molecule has 1 aromatic carbocycles. The van der Waals surface area contributed by atoms with Crippen molar-refractivity contribution >= 4 is 11.6 Å². The van der Waals surface area contributed by atoms with E-state index in [2.05, 4.69) is 10.6 Å². The van der Waals surface area contributed by atoms with Gasteiger partial charge in [0.25, 0.3) is 0 Å². The van der Waals surface area contributed by atoms with Crippen LogP contribution >= 0.6 is 0 Å². The average Bonchev–Trinajstić information content (AvgIpc) is 2.56. The molecule has 1 heterocycles. The first kappa shape index (κ1) is 9.96. The monoisotopic (exact) mass is 208 g/mol. The number of hydrogen-bond acceptors (Lipinski definition) is 2. The van der Waals surface area contributed by atoms with Crippen LogP contribution in [0.25, 0.3) is 0 Å². The maximum Gasteiger partial charge on any atom is 0.216 e. The van der Waals surface area contributed by atoms with Crippen molar-refractivity contribution in [2.24, 2.45) is 0 Å². The molecule has 0 saturated carbocycles. The maximum atomic E-state index is 12.9. The molecule has 0 spiro atoms. The molecule has 1 aliphatic rings. The molecule has 2 rings (SSSR count). The lowest BCUT2D eigenvalue weighted by Gasteiger charge is -2.10. The van der Waals surface area contributed by atoms with E-state index in [0.29, 0.717) is 6.54 Å². The Morgan fingerprint density at radius 3 is 3.20 bits per heavy atom. The highest BCUT2D eigenvalue weighted by atomic mass is 19.1. The number of halogens is 1. The Morgan fingerprint density at radius 2 is 2.47 bits per heavy atom. The number of benzene rings is 1. The topological polar surface area (TPSA) is 41.1 Å². The van der Waals surface area contributed by atoms with Crippen LogP contribution in [0.4, 0.5) is 10.1 Å². The van der Waals surface area contributed by atoms with Gasteiger partial charge in [0.1, 0.15) is 5.82 Å². The van der Waals surface area contributed by atoms with Crippen LogP contribution in [0.3, 0.4) is 0 Å². The van der Waals surface area contributed by atoms with E-state index in [0.717, 1.165) is 17.7 Å². The summed E-state index contributed by atoms with van der Waals surface area (Å²) in [5.74, 6) is -0.255. The van der Waals surface area contributed by atoms with E-state index >= 15 is 0 Å². The minimum atomic E-state index is -0.212. The van der Waals surface area contributed by atoms with Gasteiger partial charge in [-0.05, 0) is 30.2 Å². The Hall–Kier alpha value is -1.58.